The van der Waals surface area contributed by atoms with Crippen molar-refractivity contribution in [1.82, 2.24) is 19.7 Å². The lowest BCUT2D eigenvalue weighted by molar-refractivity contribution is -0.137. The zero-order chi connectivity index (χ0) is 31.3. The third kappa shape index (κ3) is 11.1. The Morgan fingerprint density at radius 3 is 2.41 bits per heavy atom. The maximum atomic E-state index is 13.5. The zero-order valence-corrected chi connectivity index (χ0v) is 24.6. The van der Waals surface area contributed by atoms with E-state index >= 15 is 0 Å². The number of terminal acetylenes is 1. The number of likely N-dealkylation sites (N-methyl/N-ethyl adjacent to an activating group) is 1. The van der Waals surface area contributed by atoms with Crippen LogP contribution >= 0.6 is 0 Å². The molecule has 0 unspecified atom stereocenters. The SMILES string of the molecule is C#CC.C/C=C(\C=C(/CC)N(N)/C=C(\N)c1cnn(C)c1C)C(=O)Nc1cc(OCCN(C)C)cc(C(F)(F)F)c1. The standard InChI is InChI=1S/C26H36F3N7O2.C3H4/c1-7-18(11-21(8-2)36(31)16-24(30)23-15-32-35(6)17(23)3)25(37)33-20-12-19(26(27,28)29)13-22(14-20)38-10-9-34(4)5;1-3-2/h7,11-16H,8-10,30-31H2,1-6H3,(H,33,37);1H,2H3/b18-7+,21-11+,24-16-;. The number of nitrogens with zero attached hydrogens (tertiary/aromatic N) is 4. The molecule has 0 saturated carbocycles. The summed E-state index contributed by atoms with van der Waals surface area (Å²) < 4.78 is 47.6. The van der Waals surface area contributed by atoms with E-state index in [1.165, 1.54) is 17.3 Å². The van der Waals surface area contributed by atoms with Crippen LogP contribution in [0.1, 0.15) is 44.0 Å². The molecule has 5 N–H and O–H groups in total. The average Bonchev–Trinajstić information content (AvgIpc) is 3.22. The second-order valence-electron chi connectivity index (χ2n) is 9.13. The van der Waals surface area contributed by atoms with Gasteiger partial charge in [-0.25, -0.2) is 5.84 Å². The normalized spacial score (nSPS) is 12.4. The topological polar surface area (TPSA) is 115 Å². The van der Waals surface area contributed by atoms with Gasteiger partial charge in [0.2, 0.25) is 0 Å². The predicted octanol–water partition coefficient (Wildman–Crippen LogP) is 4.64. The molecule has 1 amide bonds. The number of amides is 1. The number of allylic oxidation sites excluding steroid dienone is 2. The molecule has 41 heavy (non-hydrogen) atoms. The number of anilines is 1. The number of nitrogens with two attached hydrogens (primary N) is 2. The maximum Gasteiger partial charge on any atom is 0.416 e. The number of halogens is 3. The van der Waals surface area contributed by atoms with Crippen LogP contribution in [-0.4, -0.2) is 52.8 Å². The van der Waals surface area contributed by atoms with E-state index in [-0.39, 0.29) is 23.6 Å². The highest BCUT2D eigenvalue weighted by atomic mass is 19.4. The van der Waals surface area contributed by atoms with Crippen molar-refractivity contribution in [2.45, 2.75) is 40.3 Å². The van der Waals surface area contributed by atoms with Crippen molar-refractivity contribution in [3.63, 3.8) is 0 Å². The first-order valence-electron chi connectivity index (χ1n) is 12.7. The van der Waals surface area contributed by atoms with E-state index in [1.54, 1.807) is 43.9 Å². The number of benzene rings is 1. The van der Waals surface area contributed by atoms with Crippen molar-refractivity contribution >= 4 is 17.3 Å². The van der Waals surface area contributed by atoms with Crippen LogP contribution in [-0.2, 0) is 18.0 Å². The Labute approximate surface area is 240 Å². The van der Waals surface area contributed by atoms with Crippen LogP contribution < -0.4 is 21.6 Å². The van der Waals surface area contributed by atoms with Crippen LogP contribution in [0.25, 0.3) is 5.70 Å². The van der Waals surface area contributed by atoms with Gasteiger partial charge in [0.05, 0.1) is 17.5 Å². The maximum absolute atomic E-state index is 13.5. The first kappa shape index (κ1) is 34.8. The van der Waals surface area contributed by atoms with E-state index in [1.807, 2.05) is 32.8 Å². The molecule has 1 aromatic carbocycles. The molecule has 0 aliphatic rings. The van der Waals surface area contributed by atoms with Crippen molar-refractivity contribution in [3.05, 3.63) is 70.8 Å². The van der Waals surface area contributed by atoms with Crippen molar-refractivity contribution < 1.29 is 22.7 Å². The molecular formula is C29H40F3N7O2. The Morgan fingerprint density at radius 2 is 1.93 bits per heavy atom. The monoisotopic (exact) mass is 575 g/mol. The third-order valence-corrected chi connectivity index (χ3v) is 5.71. The zero-order valence-electron chi connectivity index (χ0n) is 24.6. The Hall–Kier alpha value is -4.21. The summed E-state index contributed by atoms with van der Waals surface area (Å²) in [6.07, 6.45) is 6.68. The van der Waals surface area contributed by atoms with E-state index < -0.39 is 17.6 Å². The molecule has 2 aromatic rings. The number of carbonyl (C=O) groups excluding carboxylic acids is 1. The molecule has 2 rings (SSSR count). The lowest BCUT2D eigenvalue weighted by atomic mass is 10.1. The van der Waals surface area contributed by atoms with Gasteiger partial charge < -0.3 is 20.7 Å². The second kappa shape index (κ2) is 16.2. The molecule has 0 spiro atoms. The molecule has 0 aliphatic carbocycles. The van der Waals surface area contributed by atoms with Gasteiger partial charge in [0, 0.05) is 54.1 Å². The quantitative estimate of drug-likeness (QED) is 0.118. The van der Waals surface area contributed by atoms with Gasteiger partial charge in [0.25, 0.3) is 5.91 Å². The Bertz CT molecular complexity index is 1300. The van der Waals surface area contributed by atoms with Gasteiger partial charge in [-0.15, -0.1) is 12.3 Å². The summed E-state index contributed by atoms with van der Waals surface area (Å²) >= 11 is 0. The van der Waals surface area contributed by atoms with Gasteiger partial charge in [-0.2, -0.15) is 18.3 Å². The predicted molar refractivity (Wildman–Crippen MR) is 157 cm³/mol. The van der Waals surface area contributed by atoms with Crippen molar-refractivity contribution in [3.8, 4) is 18.1 Å². The minimum Gasteiger partial charge on any atom is -0.492 e. The number of carbonyl (C=O) groups is 1. The number of hydrogen-bond acceptors (Lipinski definition) is 7. The molecule has 0 fully saturated rings. The fraction of sp³-hybridized carbons (Fsp3) is 0.379. The number of ether oxygens (including phenoxy) is 1. The van der Waals surface area contributed by atoms with Gasteiger partial charge in [0.1, 0.15) is 12.4 Å². The molecule has 0 bridgehead atoms. The second-order valence-corrected chi connectivity index (χ2v) is 9.13. The summed E-state index contributed by atoms with van der Waals surface area (Å²) in [4.78, 5) is 14.9. The van der Waals surface area contributed by atoms with Gasteiger partial charge in [-0.05, 0) is 59.5 Å². The molecule has 224 valence electrons. The largest absolute Gasteiger partial charge is 0.492 e. The summed E-state index contributed by atoms with van der Waals surface area (Å²) in [6, 6.07) is 3.13. The van der Waals surface area contributed by atoms with E-state index in [9.17, 15) is 18.0 Å². The molecule has 12 heteroatoms. The first-order valence-corrected chi connectivity index (χ1v) is 12.7. The highest BCUT2D eigenvalue weighted by Crippen LogP contribution is 2.34. The smallest absolute Gasteiger partial charge is 0.416 e. The van der Waals surface area contributed by atoms with Crippen LogP contribution in [0.2, 0.25) is 0 Å². The Morgan fingerprint density at radius 1 is 1.29 bits per heavy atom. The number of alkyl halides is 3. The number of hydrazine groups is 1. The van der Waals surface area contributed by atoms with Gasteiger partial charge >= 0.3 is 6.18 Å². The summed E-state index contributed by atoms with van der Waals surface area (Å²) in [5, 5.41) is 8.01. The Kier molecular flexibility index (Phi) is 13.7. The van der Waals surface area contributed by atoms with Crippen LogP contribution in [0.5, 0.6) is 5.75 Å². The minimum absolute atomic E-state index is 0.00299. The number of hydrogen-bond donors (Lipinski definition) is 3. The van der Waals surface area contributed by atoms with Gasteiger partial charge in [-0.1, -0.05) is 13.0 Å². The highest BCUT2D eigenvalue weighted by molar-refractivity contribution is 6.05. The number of nitrogens with one attached hydrogen (secondary N) is 1. The van der Waals surface area contributed by atoms with E-state index in [4.69, 9.17) is 16.3 Å². The van der Waals surface area contributed by atoms with Crippen molar-refractivity contribution in [2.24, 2.45) is 18.6 Å². The first-order chi connectivity index (χ1) is 19.2. The number of aromatic nitrogens is 2. The van der Waals surface area contributed by atoms with E-state index in [0.29, 0.717) is 24.4 Å². The summed E-state index contributed by atoms with van der Waals surface area (Å²) in [5.74, 6) is 7.86. The fourth-order valence-electron chi connectivity index (χ4n) is 3.37. The van der Waals surface area contributed by atoms with Crippen LogP contribution in [0.4, 0.5) is 18.9 Å². The minimum atomic E-state index is -4.61. The van der Waals surface area contributed by atoms with Crippen molar-refractivity contribution in [2.75, 3.05) is 32.6 Å². The lowest BCUT2D eigenvalue weighted by Crippen LogP contribution is -2.26. The summed E-state index contributed by atoms with van der Waals surface area (Å²) in [7, 11) is 5.44. The molecule has 0 radical (unpaired) electrons. The van der Waals surface area contributed by atoms with E-state index in [2.05, 4.69) is 22.8 Å². The van der Waals surface area contributed by atoms with Crippen LogP contribution in [0.15, 0.2) is 54.0 Å². The van der Waals surface area contributed by atoms with Crippen LogP contribution in [0.3, 0.4) is 0 Å². The van der Waals surface area contributed by atoms with E-state index in [0.717, 1.165) is 23.4 Å². The molecule has 9 nitrogen and oxygen atoms in total. The highest BCUT2D eigenvalue weighted by Gasteiger charge is 2.31. The fourth-order valence-corrected chi connectivity index (χ4v) is 3.37. The van der Waals surface area contributed by atoms with Crippen molar-refractivity contribution in [1.29, 1.82) is 0 Å². The molecule has 1 heterocycles. The molecular weight excluding hydrogens is 535 g/mol. The van der Waals surface area contributed by atoms with Gasteiger partial charge in [0.15, 0.2) is 0 Å². The number of rotatable bonds is 11. The van der Waals surface area contributed by atoms with Gasteiger partial charge in [-0.3, -0.25) is 14.5 Å². The average molecular weight is 576 g/mol. The third-order valence-electron chi connectivity index (χ3n) is 5.71. The Balaban J connectivity index is 0.00000268. The molecule has 1 aromatic heterocycles. The summed E-state index contributed by atoms with van der Waals surface area (Å²) in [6.45, 7) is 7.71. The van der Waals surface area contributed by atoms with Crippen LogP contribution in [0, 0.1) is 19.3 Å². The number of aryl methyl sites for hydroxylation is 1. The lowest BCUT2D eigenvalue weighted by Gasteiger charge is -2.19. The molecule has 0 atom stereocenters. The molecule has 0 saturated heterocycles. The summed E-state index contributed by atoms with van der Waals surface area (Å²) in [5.41, 5.74) is 7.94. The molecule has 0 aliphatic heterocycles.